The summed E-state index contributed by atoms with van der Waals surface area (Å²) in [5, 5.41) is 6.98. The highest BCUT2D eigenvalue weighted by Crippen LogP contribution is 2.22. The number of amides is 2. The van der Waals surface area contributed by atoms with Gasteiger partial charge in [-0.2, -0.15) is 0 Å². The summed E-state index contributed by atoms with van der Waals surface area (Å²) in [6.45, 7) is 3.72. The molecule has 28 heavy (non-hydrogen) atoms. The van der Waals surface area contributed by atoms with Crippen LogP contribution >= 0.6 is 0 Å². The first-order valence-corrected chi connectivity index (χ1v) is 9.85. The second-order valence-electron chi connectivity index (χ2n) is 7.46. The lowest BCUT2D eigenvalue weighted by molar-refractivity contribution is -0.128. The molecule has 0 aliphatic carbocycles. The van der Waals surface area contributed by atoms with Crippen molar-refractivity contribution in [1.29, 1.82) is 0 Å². The van der Waals surface area contributed by atoms with Crippen molar-refractivity contribution in [2.45, 2.75) is 32.2 Å². The molecule has 1 N–H and O–H groups in total. The maximum Gasteiger partial charge on any atom is 0.255 e. The summed E-state index contributed by atoms with van der Waals surface area (Å²) in [6.07, 6.45) is 6.70. The molecule has 8 nitrogen and oxygen atoms in total. The van der Waals surface area contributed by atoms with Crippen molar-refractivity contribution in [3.63, 3.8) is 0 Å². The first kappa shape index (κ1) is 18.5. The van der Waals surface area contributed by atoms with Gasteiger partial charge < -0.3 is 19.6 Å². The molecule has 2 aliphatic heterocycles. The number of rotatable bonds is 6. The van der Waals surface area contributed by atoms with E-state index in [1.54, 1.807) is 24.4 Å². The van der Waals surface area contributed by atoms with Crippen molar-refractivity contribution in [2.75, 3.05) is 31.5 Å². The Labute approximate surface area is 163 Å². The summed E-state index contributed by atoms with van der Waals surface area (Å²) in [7, 11) is 0. The molecule has 2 amide bonds. The number of piperidine rings is 1. The number of hydrogen-bond donors (Lipinski definition) is 1. The second-order valence-corrected chi connectivity index (χ2v) is 7.46. The van der Waals surface area contributed by atoms with Crippen LogP contribution in [0.15, 0.2) is 35.2 Å². The average molecular weight is 383 g/mol. The van der Waals surface area contributed by atoms with Gasteiger partial charge in [-0.3, -0.25) is 9.59 Å². The highest BCUT2D eigenvalue weighted by molar-refractivity contribution is 5.94. The predicted molar refractivity (Wildman–Crippen MR) is 103 cm³/mol. The molecule has 0 unspecified atom stereocenters. The number of carbonyl (C=O) groups is 2. The van der Waals surface area contributed by atoms with E-state index in [0.717, 1.165) is 51.1 Å². The maximum absolute atomic E-state index is 12.7. The Balaban J connectivity index is 1.26. The second kappa shape index (κ2) is 8.41. The monoisotopic (exact) mass is 383 g/mol. The highest BCUT2D eigenvalue weighted by Gasteiger charge is 2.28. The highest BCUT2D eigenvalue weighted by atomic mass is 16.5. The SMILES string of the molecule is O=C1CCCN1CC1CCN(C(=O)c2ccc(NCc3ccon3)nc2)CC1. The molecular weight excluding hydrogens is 358 g/mol. The number of likely N-dealkylation sites (tertiary alicyclic amines) is 2. The maximum atomic E-state index is 12.7. The van der Waals surface area contributed by atoms with Gasteiger partial charge in [0.25, 0.3) is 5.91 Å². The predicted octanol–water partition coefficient (Wildman–Crippen LogP) is 2.16. The number of nitrogens with zero attached hydrogens (tertiary/aromatic N) is 4. The van der Waals surface area contributed by atoms with Crippen molar-refractivity contribution in [1.82, 2.24) is 19.9 Å². The molecule has 4 heterocycles. The topological polar surface area (TPSA) is 91.6 Å². The molecule has 2 aromatic rings. The van der Waals surface area contributed by atoms with E-state index in [-0.39, 0.29) is 11.8 Å². The minimum atomic E-state index is 0.0197. The van der Waals surface area contributed by atoms with E-state index in [4.69, 9.17) is 4.52 Å². The molecule has 0 aromatic carbocycles. The van der Waals surface area contributed by atoms with Crippen LogP contribution in [-0.2, 0) is 11.3 Å². The zero-order valence-corrected chi connectivity index (χ0v) is 15.8. The Bertz CT molecular complexity index is 798. The van der Waals surface area contributed by atoms with Crippen LogP contribution in [0.1, 0.15) is 41.7 Å². The Kier molecular flexibility index (Phi) is 5.55. The number of hydrogen-bond acceptors (Lipinski definition) is 6. The third-order valence-corrected chi connectivity index (χ3v) is 5.50. The van der Waals surface area contributed by atoms with E-state index in [9.17, 15) is 9.59 Å². The summed E-state index contributed by atoms with van der Waals surface area (Å²) < 4.78 is 4.79. The molecule has 2 aromatic heterocycles. The molecule has 0 radical (unpaired) electrons. The lowest BCUT2D eigenvalue weighted by Crippen LogP contribution is -2.41. The van der Waals surface area contributed by atoms with Crippen LogP contribution in [0.5, 0.6) is 0 Å². The Morgan fingerprint density at radius 3 is 2.71 bits per heavy atom. The first-order valence-electron chi connectivity index (χ1n) is 9.85. The van der Waals surface area contributed by atoms with E-state index in [1.807, 2.05) is 9.80 Å². The van der Waals surface area contributed by atoms with E-state index in [2.05, 4.69) is 15.5 Å². The van der Waals surface area contributed by atoms with Gasteiger partial charge in [-0.05, 0) is 37.3 Å². The Morgan fingerprint density at radius 2 is 2.07 bits per heavy atom. The smallest absolute Gasteiger partial charge is 0.255 e. The van der Waals surface area contributed by atoms with Crippen LogP contribution in [0.2, 0.25) is 0 Å². The van der Waals surface area contributed by atoms with Crippen LogP contribution in [0.25, 0.3) is 0 Å². The molecule has 8 heteroatoms. The molecule has 0 saturated carbocycles. The summed E-state index contributed by atoms with van der Waals surface area (Å²) in [5.41, 5.74) is 1.39. The van der Waals surface area contributed by atoms with Gasteiger partial charge >= 0.3 is 0 Å². The van der Waals surface area contributed by atoms with Gasteiger partial charge in [0.2, 0.25) is 5.91 Å². The van der Waals surface area contributed by atoms with Gasteiger partial charge in [0, 0.05) is 44.9 Å². The van der Waals surface area contributed by atoms with Crippen molar-refractivity contribution in [2.24, 2.45) is 5.92 Å². The molecule has 2 saturated heterocycles. The molecular formula is C20H25N5O3. The number of nitrogens with one attached hydrogen (secondary N) is 1. The van der Waals surface area contributed by atoms with E-state index >= 15 is 0 Å². The first-order chi connectivity index (χ1) is 13.7. The van der Waals surface area contributed by atoms with E-state index in [1.165, 1.54) is 6.26 Å². The minimum Gasteiger partial charge on any atom is -0.364 e. The van der Waals surface area contributed by atoms with Crippen LogP contribution in [0.3, 0.4) is 0 Å². The lowest BCUT2D eigenvalue weighted by atomic mass is 9.96. The zero-order valence-electron chi connectivity index (χ0n) is 15.8. The fourth-order valence-electron chi connectivity index (χ4n) is 3.84. The minimum absolute atomic E-state index is 0.0197. The summed E-state index contributed by atoms with van der Waals surface area (Å²) in [4.78, 5) is 32.7. The molecule has 148 valence electrons. The molecule has 0 atom stereocenters. The lowest BCUT2D eigenvalue weighted by Gasteiger charge is -2.34. The van der Waals surface area contributed by atoms with E-state index in [0.29, 0.717) is 30.3 Å². The number of aromatic nitrogens is 2. The number of pyridine rings is 1. The van der Waals surface area contributed by atoms with Crippen molar-refractivity contribution < 1.29 is 14.1 Å². The van der Waals surface area contributed by atoms with E-state index < -0.39 is 0 Å². The number of anilines is 1. The van der Waals surface area contributed by atoms with Crippen LogP contribution in [-0.4, -0.2) is 57.9 Å². The summed E-state index contributed by atoms with van der Waals surface area (Å²) in [6, 6.07) is 5.39. The number of carbonyl (C=O) groups excluding carboxylic acids is 2. The van der Waals surface area contributed by atoms with Gasteiger partial charge in [-0.15, -0.1) is 0 Å². The van der Waals surface area contributed by atoms with Crippen LogP contribution < -0.4 is 5.32 Å². The largest absolute Gasteiger partial charge is 0.364 e. The van der Waals surface area contributed by atoms with Crippen molar-refractivity contribution in [3.8, 4) is 0 Å². The average Bonchev–Trinajstić information content (AvgIpc) is 3.39. The molecule has 0 spiro atoms. The van der Waals surface area contributed by atoms with Crippen molar-refractivity contribution in [3.05, 3.63) is 41.9 Å². The molecule has 2 aliphatic rings. The van der Waals surface area contributed by atoms with Crippen LogP contribution in [0, 0.1) is 5.92 Å². The quantitative estimate of drug-likeness (QED) is 0.822. The summed E-state index contributed by atoms with van der Waals surface area (Å²) >= 11 is 0. The fourth-order valence-corrected chi connectivity index (χ4v) is 3.84. The van der Waals surface area contributed by atoms with Gasteiger partial charge in [0.15, 0.2) is 0 Å². The Hall–Kier alpha value is -2.90. The zero-order chi connectivity index (χ0) is 19.3. The van der Waals surface area contributed by atoms with Crippen molar-refractivity contribution >= 4 is 17.6 Å². The standard InChI is InChI=1S/C20H25N5O3/c26-19-2-1-8-25(19)14-15-5-9-24(10-6-15)20(27)16-3-4-18(21-12-16)22-13-17-7-11-28-23-17/h3-4,7,11-12,15H,1-2,5-6,8-10,13-14H2,(H,21,22). The van der Waals surface area contributed by atoms with Crippen LogP contribution in [0.4, 0.5) is 5.82 Å². The molecule has 2 fully saturated rings. The normalized spacial score (nSPS) is 17.9. The van der Waals surface area contributed by atoms with Gasteiger partial charge in [-0.25, -0.2) is 4.98 Å². The Morgan fingerprint density at radius 1 is 1.21 bits per heavy atom. The van der Waals surface area contributed by atoms with Gasteiger partial charge in [0.1, 0.15) is 17.8 Å². The third-order valence-electron chi connectivity index (χ3n) is 5.50. The molecule has 0 bridgehead atoms. The fraction of sp³-hybridized carbons (Fsp3) is 0.500. The van der Waals surface area contributed by atoms with Gasteiger partial charge in [0.05, 0.1) is 12.1 Å². The third kappa shape index (κ3) is 4.32. The molecule has 4 rings (SSSR count). The summed E-state index contributed by atoms with van der Waals surface area (Å²) in [5.74, 6) is 1.48. The van der Waals surface area contributed by atoms with Gasteiger partial charge in [-0.1, -0.05) is 5.16 Å².